The van der Waals surface area contributed by atoms with Gasteiger partial charge in [0, 0.05) is 18.7 Å². The maximum absolute atomic E-state index is 13.5. The van der Waals surface area contributed by atoms with Gasteiger partial charge in [-0.15, -0.1) is 0 Å². The van der Waals surface area contributed by atoms with Crippen LogP contribution >= 0.6 is 0 Å². The predicted octanol–water partition coefficient (Wildman–Crippen LogP) is 0.970. The average Bonchev–Trinajstić information content (AvgIpc) is 2.92. The van der Waals surface area contributed by atoms with Crippen molar-refractivity contribution in [3.8, 4) is 0 Å². The summed E-state index contributed by atoms with van der Waals surface area (Å²) in [7, 11) is 0. The molecule has 1 aliphatic rings. The number of hydrogen-bond donors (Lipinski definition) is 7. The highest BCUT2D eigenvalue weighted by molar-refractivity contribution is 5.94. The summed E-state index contributed by atoms with van der Waals surface area (Å²) < 4.78 is 5.96. The number of anilines is 1. The Labute approximate surface area is 241 Å². The van der Waals surface area contributed by atoms with Gasteiger partial charge in [-0.1, -0.05) is 43.2 Å². The molecule has 1 heterocycles. The molecule has 1 aromatic carbocycles. The maximum Gasteiger partial charge on any atom is 0.303 e. The van der Waals surface area contributed by atoms with Gasteiger partial charge in [0.05, 0.1) is 30.4 Å². The Morgan fingerprint density at radius 1 is 1.15 bits per heavy atom. The monoisotopic (exact) mass is 575 g/mol. The van der Waals surface area contributed by atoms with E-state index in [1.165, 1.54) is 0 Å². The van der Waals surface area contributed by atoms with Crippen LogP contribution in [-0.4, -0.2) is 82.9 Å². The van der Waals surface area contributed by atoms with Crippen molar-refractivity contribution in [3.05, 3.63) is 42.0 Å². The second kappa shape index (κ2) is 16.1. The van der Waals surface area contributed by atoms with Crippen molar-refractivity contribution in [3.63, 3.8) is 0 Å². The van der Waals surface area contributed by atoms with Crippen LogP contribution in [0.15, 0.2) is 36.4 Å². The van der Waals surface area contributed by atoms with Crippen LogP contribution in [0.1, 0.15) is 58.4 Å². The van der Waals surface area contributed by atoms with Gasteiger partial charge >= 0.3 is 5.97 Å². The van der Waals surface area contributed by atoms with Gasteiger partial charge in [0.25, 0.3) is 0 Å². The fourth-order valence-corrected chi connectivity index (χ4v) is 4.32. The molecule has 3 amide bonds. The molecule has 0 fully saturated rings. The number of carbonyl (C=O) groups is 4. The number of carbonyl (C=O) groups excluding carboxylic acids is 3. The molecule has 5 atom stereocenters. The summed E-state index contributed by atoms with van der Waals surface area (Å²) in [5.41, 5.74) is 6.60. The molecule has 2 rings (SSSR count). The minimum Gasteiger partial charge on any atom is -0.481 e. The Kier molecular flexibility index (Phi) is 13.2. The molecule has 0 aliphatic carbocycles. The molecule has 12 heteroatoms. The van der Waals surface area contributed by atoms with Crippen LogP contribution in [0.4, 0.5) is 5.69 Å². The third-order valence-corrected chi connectivity index (χ3v) is 6.93. The summed E-state index contributed by atoms with van der Waals surface area (Å²) in [4.78, 5) is 50.5. The number of ether oxygens (including phenoxy) is 1. The molecule has 228 valence electrons. The van der Waals surface area contributed by atoms with Crippen LogP contribution in [0.3, 0.4) is 0 Å². The van der Waals surface area contributed by atoms with Gasteiger partial charge in [-0.25, -0.2) is 0 Å². The van der Waals surface area contributed by atoms with Crippen LogP contribution in [0.2, 0.25) is 0 Å². The second-order valence-corrected chi connectivity index (χ2v) is 10.9. The molecule has 0 unspecified atom stereocenters. The summed E-state index contributed by atoms with van der Waals surface area (Å²) in [6, 6.07) is 3.76. The maximum atomic E-state index is 13.5. The first-order valence-corrected chi connectivity index (χ1v) is 14.0. The highest BCUT2D eigenvalue weighted by Crippen LogP contribution is 2.18. The fraction of sp³-hybridized carbons (Fsp3) is 0.586. The summed E-state index contributed by atoms with van der Waals surface area (Å²) >= 11 is 0. The topological polar surface area (TPSA) is 192 Å². The number of hydrogen-bond acceptors (Lipinski definition) is 8. The molecular formula is C29H45N5O7. The van der Waals surface area contributed by atoms with Gasteiger partial charge in [-0.05, 0) is 52.2 Å². The number of aliphatic carboxylic acids is 1. The number of aliphatic hydroxyl groups is 1. The van der Waals surface area contributed by atoms with Crippen LogP contribution in [-0.2, 0) is 23.9 Å². The van der Waals surface area contributed by atoms with E-state index in [-0.39, 0.29) is 26.0 Å². The van der Waals surface area contributed by atoms with Crippen LogP contribution in [0.5, 0.6) is 0 Å². The first-order valence-electron chi connectivity index (χ1n) is 14.0. The molecule has 1 aromatic rings. The molecule has 0 spiro atoms. The van der Waals surface area contributed by atoms with E-state index in [9.17, 15) is 24.3 Å². The lowest BCUT2D eigenvalue weighted by molar-refractivity contribution is -0.141. The number of carboxylic acids is 1. The molecule has 0 bridgehead atoms. The molecule has 0 radical (unpaired) electrons. The summed E-state index contributed by atoms with van der Waals surface area (Å²) in [6.07, 6.45) is 3.37. The Balaban J connectivity index is 2.22. The highest BCUT2D eigenvalue weighted by atomic mass is 16.5. The number of benzene rings is 1. The second-order valence-electron chi connectivity index (χ2n) is 10.9. The third kappa shape index (κ3) is 11.1. The van der Waals surface area contributed by atoms with Crippen molar-refractivity contribution in [2.45, 2.75) is 95.7 Å². The molecule has 1 aliphatic heterocycles. The first kappa shape index (κ1) is 33.7. The van der Waals surface area contributed by atoms with Crippen molar-refractivity contribution in [2.24, 2.45) is 5.73 Å². The van der Waals surface area contributed by atoms with E-state index in [2.05, 4.69) is 21.3 Å². The fourth-order valence-electron chi connectivity index (χ4n) is 4.32. The summed E-state index contributed by atoms with van der Waals surface area (Å²) in [5, 5.41) is 31.2. The summed E-state index contributed by atoms with van der Waals surface area (Å²) in [6.45, 7) is 7.39. The number of amides is 3. The molecular weight excluding hydrogens is 530 g/mol. The van der Waals surface area contributed by atoms with Crippen molar-refractivity contribution in [1.82, 2.24) is 16.0 Å². The Bertz CT molecular complexity index is 1060. The Morgan fingerprint density at radius 3 is 2.46 bits per heavy atom. The third-order valence-electron chi connectivity index (χ3n) is 6.93. The number of nitrogens with one attached hydrogen (secondary N) is 4. The molecule has 8 N–H and O–H groups in total. The minimum atomic E-state index is -1.23. The number of aliphatic hydroxyl groups excluding tert-OH is 1. The van der Waals surface area contributed by atoms with Gasteiger partial charge in [0.2, 0.25) is 17.7 Å². The van der Waals surface area contributed by atoms with Crippen LogP contribution in [0, 0.1) is 6.92 Å². The van der Waals surface area contributed by atoms with E-state index >= 15 is 0 Å². The Hall–Kier alpha value is -3.48. The molecule has 0 saturated carbocycles. The van der Waals surface area contributed by atoms with Crippen LogP contribution in [0.25, 0.3) is 0 Å². The Morgan fingerprint density at radius 2 is 1.83 bits per heavy atom. The first-order chi connectivity index (χ1) is 19.3. The molecule has 12 nitrogen and oxygen atoms in total. The highest BCUT2D eigenvalue weighted by Gasteiger charge is 2.40. The van der Waals surface area contributed by atoms with Crippen molar-refractivity contribution in [2.75, 3.05) is 18.5 Å². The van der Waals surface area contributed by atoms with Gasteiger partial charge in [-0.3, -0.25) is 19.2 Å². The van der Waals surface area contributed by atoms with Gasteiger partial charge in [0.1, 0.15) is 12.1 Å². The number of rotatable bonds is 11. The smallest absolute Gasteiger partial charge is 0.303 e. The van der Waals surface area contributed by atoms with E-state index in [4.69, 9.17) is 15.6 Å². The van der Waals surface area contributed by atoms with E-state index in [0.717, 1.165) is 11.3 Å². The van der Waals surface area contributed by atoms with Crippen LogP contribution < -0.4 is 27.0 Å². The van der Waals surface area contributed by atoms with Gasteiger partial charge < -0.3 is 42.0 Å². The summed E-state index contributed by atoms with van der Waals surface area (Å²) in [5.74, 6) is -2.91. The minimum absolute atomic E-state index is 0.0918. The standard InChI is InChI=1S/C29H45N5O7/c1-5-8-22-27(39)32-21(23(35)17-31-19-12-10-18(2)11-13-19)9-6-7-16-41-29(3,4)25(28(40)33-22)34-26(38)20(30)14-15-24(36)37/h6-7,10-13,20-23,25,31,35H,5,8-9,14-17,30H2,1-4H3,(H,32,39)(H,33,40)(H,34,38)(H,36,37)/b7-6-/t20-,21-,22-,23+,25+/m0/s1. The lowest BCUT2D eigenvalue weighted by Gasteiger charge is -2.35. The zero-order valence-corrected chi connectivity index (χ0v) is 24.3. The lowest BCUT2D eigenvalue weighted by Crippen LogP contribution is -2.63. The van der Waals surface area contributed by atoms with Crippen molar-refractivity contribution < 1.29 is 34.1 Å². The SMILES string of the molecule is CCC[C@@H]1NC(=O)[C@@H](NC(=O)[C@@H](N)CCC(=O)O)C(C)(C)OC/C=C\C[C@@H]([C@H](O)CNc2ccc(C)cc2)NC1=O. The largest absolute Gasteiger partial charge is 0.481 e. The van der Waals surface area contributed by atoms with E-state index in [1.807, 2.05) is 38.1 Å². The van der Waals surface area contributed by atoms with Crippen molar-refractivity contribution in [1.29, 1.82) is 0 Å². The van der Waals surface area contributed by atoms with Crippen molar-refractivity contribution >= 4 is 29.4 Å². The molecule has 0 aromatic heterocycles. The number of carboxylic acid groups (broad SMARTS) is 1. The predicted molar refractivity (Wildman–Crippen MR) is 155 cm³/mol. The van der Waals surface area contributed by atoms with Gasteiger partial charge in [-0.2, -0.15) is 0 Å². The zero-order chi connectivity index (χ0) is 30.6. The van der Waals surface area contributed by atoms with Gasteiger partial charge in [0.15, 0.2) is 0 Å². The number of aryl methyl sites for hydroxylation is 1. The average molecular weight is 576 g/mol. The number of nitrogens with two attached hydrogens (primary N) is 1. The van der Waals surface area contributed by atoms with E-state index in [0.29, 0.717) is 19.3 Å². The normalized spacial score (nSPS) is 23.8. The van der Waals surface area contributed by atoms with E-state index < -0.39 is 59.6 Å². The lowest BCUT2D eigenvalue weighted by atomic mass is 9.96. The zero-order valence-electron chi connectivity index (χ0n) is 24.3. The molecule has 41 heavy (non-hydrogen) atoms. The molecule has 0 saturated heterocycles. The van der Waals surface area contributed by atoms with E-state index in [1.54, 1.807) is 26.0 Å². The quantitative estimate of drug-likeness (QED) is 0.188.